The van der Waals surface area contributed by atoms with Crippen molar-refractivity contribution in [2.24, 2.45) is 5.92 Å². The van der Waals surface area contributed by atoms with Crippen LogP contribution < -0.4 is 0 Å². The lowest BCUT2D eigenvalue weighted by Gasteiger charge is -2.22. The van der Waals surface area contributed by atoms with Gasteiger partial charge in [-0.15, -0.1) is 0 Å². The molecule has 1 saturated carbocycles. The van der Waals surface area contributed by atoms with Crippen LogP contribution in [0.25, 0.3) is 0 Å². The first-order valence-electron chi connectivity index (χ1n) is 8.47. The summed E-state index contributed by atoms with van der Waals surface area (Å²) < 4.78 is 0. The van der Waals surface area contributed by atoms with E-state index < -0.39 is 0 Å². The second-order valence-corrected chi connectivity index (χ2v) is 6.58. The molecule has 3 nitrogen and oxygen atoms in total. The summed E-state index contributed by atoms with van der Waals surface area (Å²) in [6.45, 7) is 3.19. The van der Waals surface area contributed by atoms with E-state index in [0.717, 1.165) is 38.4 Å². The maximum atomic E-state index is 9.57. The summed E-state index contributed by atoms with van der Waals surface area (Å²) in [5.41, 5.74) is 2.37. The molecule has 1 fully saturated rings. The third kappa shape index (κ3) is 5.29. The van der Waals surface area contributed by atoms with Crippen molar-refractivity contribution in [1.29, 1.82) is 0 Å². The molecule has 0 bridgehead atoms. The Morgan fingerprint density at radius 1 is 0.826 bits per heavy atom. The monoisotopic (exact) mass is 311 g/mol. The molecule has 0 atom stereocenters. The van der Waals surface area contributed by atoms with E-state index in [4.69, 9.17) is 0 Å². The minimum atomic E-state index is 0.344. The molecule has 3 heteroatoms. The molecule has 0 aromatic heterocycles. The van der Waals surface area contributed by atoms with Crippen LogP contribution in [0.2, 0.25) is 0 Å². The molecule has 2 aromatic carbocycles. The first-order valence-corrected chi connectivity index (χ1v) is 8.47. The normalized spacial score (nSPS) is 14.3. The zero-order chi connectivity index (χ0) is 16.1. The van der Waals surface area contributed by atoms with Gasteiger partial charge in [-0.1, -0.05) is 24.3 Å². The van der Waals surface area contributed by atoms with Crippen molar-refractivity contribution in [3.8, 4) is 11.5 Å². The number of benzene rings is 2. The van der Waals surface area contributed by atoms with E-state index in [1.165, 1.54) is 24.0 Å². The topological polar surface area (TPSA) is 43.7 Å². The predicted octanol–water partition coefficient (Wildman–Crippen LogP) is 3.60. The molecular weight excluding hydrogens is 286 g/mol. The molecule has 1 aliphatic rings. The first-order chi connectivity index (χ1) is 11.2. The number of phenols is 2. The molecule has 0 saturated heterocycles. The Labute approximate surface area is 138 Å². The molecule has 0 unspecified atom stereocenters. The summed E-state index contributed by atoms with van der Waals surface area (Å²) in [4.78, 5) is 2.52. The Morgan fingerprint density at radius 2 is 1.35 bits per heavy atom. The van der Waals surface area contributed by atoms with Crippen molar-refractivity contribution in [2.75, 3.05) is 19.6 Å². The van der Waals surface area contributed by atoms with Crippen LogP contribution in [-0.4, -0.2) is 34.7 Å². The Balaban J connectivity index is 1.54. The average Bonchev–Trinajstić information content (AvgIpc) is 3.34. The predicted molar refractivity (Wildman–Crippen MR) is 92.8 cm³/mol. The Bertz CT molecular complexity index is 588. The summed E-state index contributed by atoms with van der Waals surface area (Å²) in [6.07, 6.45) is 4.63. The van der Waals surface area contributed by atoms with Crippen molar-refractivity contribution in [3.63, 3.8) is 0 Å². The van der Waals surface area contributed by atoms with E-state index in [-0.39, 0.29) is 0 Å². The van der Waals surface area contributed by atoms with Gasteiger partial charge in [0.2, 0.25) is 0 Å². The molecule has 122 valence electrons. The molecule has 0 amide bonds. The molecule has 2 N–H and O–H groups in total. The number of phenolic OH excluding ortho intramolecular Hbond substituents is 2. The van der Waals surface area contributed by atoms with Gasteiger partial charge in [0.1, 0.15) is 11.5 Å². The quantitative estimate of drug-likeness (QED) is 0.783. The van der Waals surface area contributed by atoms with Crippen LogP contribution in [-0.2, 0) is 12.8 Å². The summed E-state index contributed by atoms with van der Waals surface area (Å²) >= 11 is 0. The molecule has 0 aliphatic heterocycles. The molecule has 0 radical (unpaired) electrons. The number of hydrogen-bond donors (Lipinski definition) is 2. The Hall–Kier alpha value is -2.00. The van der Waals surface area contributed by atoms with E-state index in [2.05, 4.69) is 17.0 Å². The maximum Gasteiger partial charge on any atom is 0.115 e. The van der Waals surface area contributed by atoms with Gasteiger partial charge in [-0.2, -0.15) is 0 Å². The molecule has 23 heavy (non-hydrogen) atoms. The first kappa shape index (κ1) is 15.9. The van der Waals surface area contributed by atoms with Crippen LogP contribution in [0, 0.1) is 5.92 Å². The lowest BCUT2D eigenvalue weighted by atomic mass is 10.1. The van der Waals surface area contributed by atoms with Gasteiger partial charge < -0.3 is 15.1 Å². The molecule has 0 heterocycles. The highest BCUT2D eigenvalue weighted by Crippen LogP contribution is 2.30. The van der Waals surface area contributed by atoms with E-state index in [0.29, 0.717) is 11.5 Å². The highest BCUT2D eigenvalue weighted by Gasteiger charge is 2.24. The highest BCUT2D eigenvalue weighted by molar-refractivity contribution is 5.28. The number of nitrogens with zero attached hydrogens (tertiary/aromatic N) is 1. The van der Waals surface area contributed by atoms with E-state index >= 15 is 0 Å². The molecule has 2 aromatic rings. The van der Waals surface area contributed by atoms with Crippen molar-refractivity contribution in [1.82, 2.24) is 4.90 Å². The molecular formula is C20H25NO2. The zero-order valence-corrected chi connectivity index (χ0v) is 13.5. The minimum absolute atomic E-state index is 0.344. The van der Waals surface area contributed by atoms with Crippen LogP contribution in [0.5, 0.6) is 11.5 Å². The fourth-order valence-corrected chi connectivity index (χ4v) is 2.96. The lowest BCUT2D eigenvalue weighted by molar-refractivity contribution is 0.269. The number of hydrogen-bond acceptors (Lipinski definition) is 3. The highest BCUT2D eigenvalue weighted by atomic mass is 16.3. The van der Waals surface area contributed by atoms with Crippen molar-refractivity contribution < 1.29 is 10.2 Å². The van der Waals surface area contributed by atoms with Crippen LogP contribution in [0.3, 0.4) is 0 Å². The lowest BCUT2D eigenvalue weighted by Crippen LogP contribution is -2.30. The van der Waals surface area contributed by atoms with Crippen molar-refractivity contribution in [2.45, 2.75) is 25.7 Å². The van der Waals surface area contributed by atoms with Gasteiger partial charge in [-0.25, -0.2) is 0 Å². The van der Waals surface area contributed by atoms with Gasteiger partial charge >= 0.3 is 0 Å². The fraction of sp³-hybridized carbons (Fsp3) is 0.400. The van der Waals surface area contributed by atoms with Crippen molar-refractivity contribution in [3.05, 3.63) is 59.7 Å². The third-order valence-corrected chi connectivity index (χ3v) is 4.47. The summed E-state index contributed by atoms with van der Waals surface area (Å²) in [5.74, 6) is 1.55. The van der Waals surface area contributed by atoms with Gasteiger partial charge in [0, 0.05) is 19.6 Å². The zero-order valence-electron chi connectivity index (χ0n) is 13.5. The summed E-state index contributed by atoms with van der Waals surface area (Å²) in [6, 6.07) is 15.1. The number of aromatic hydroxyl groups is 2. The maximum absolute atomic E-state index is 9.57. The molecule has 1 aliphatic carbocycles. The number of rotatable bonds is 8. The van der Waals surface area contributed by atoms with E-state index in [1.807, 2.05) is 24.3 Å². The largest absolute Gasteiger partial charge is 0.508 e. The third-order valence-electron chi connectivity index (χ3n) is 4.47. The van der Waals surface area contributed by atoms with Gasteiger partial charge in [0.15, 0.2) is 0 Å². The Kier molecular flexibility index (Phi) is 5.19. The van der Waals surface area contributed by atoms with E-state index in [9.17, 15) is 10.2 Å². The van der Waals surface area contributed by atoms with Crippen molar-refractivity contribution >= 4 is 0 Å². The van der Waals surface area contributed by atoms with Gasteiger partial charge in [-0.3, -0.25) is 0 Å². The van der Waals surface area contributed by atoms with Gasteiger partial charge in [0.25, 0.3) is 0 Å². The van der Waals surface area contributed by atoms with Crippen LogP contribution in [0.15, 0.2) is 48.5 Å². The van der Waals surface area contributed by atoms with E-state index in [1.54, 1.807) is 12.1 Å². The Morgan fingerprint density at radius 3 is 1.78 bits per heavy atom. The summed E-state index contributed by atoms with van der Waals surface area (Å²) in [7, 11) is 0. The minimum Gasteiger partial charge on any atom is -0.508 e. The van der Waals surface area contributed by atoms with Gasteiger partial charge in [-0.05, 0) is 67.0 Å². The fourth-order valence-electron chi connectivity index (χ4n) is 2.96. The summed E-state index contributed by atoms with van der Waals surface area (Å²) in [5, 5.41) is 19.1. The van der Waals surface area contributed by atoms with Crippen LogP contribution >= 0.6 is 0 Å². The smallest absolute Gasteiger partial charge is 0.115 e. The average molecular weight is 311 g/mol. The van der Waals surface area contributed by atoms with Crippen LogP contribution in [0.1, 0.15) is 24.0 Å². The molecule has 0 spiro atoms. The molecule has 3 rings (SSSR count). The second kappa shape index (κ2) is 7.51. The second-order valence-electron chi connectivity index (χ2n) is 6.58. The van der Waals surface area contributed by atoms with Crippen LogP contribution in [0.4, 0.5) is 0 Å². The SMILES string of the molecule is Oc1cccc(CCN(CCc2cccc(O)c2)CC2CC2)c1. The standard InChI is InChI=1S/C20H25NO2/c22-19-5-1-3-16(13-19)9-11-21(15-18-7-8-18)12-10-17-4-2-6-20(23)14-17/h1-6,13-14,18,22-23H,7-12,15H2. The van der Waals surface area contributed by atoms with Gasteiger partial charge in [0.05, 0.1) is 0 Å².